The van der Waals surface area contributed by atoms with Gasteiger partial charge in [-0.1, -0.05) is 0 Å². The molecule has 12 heteroatoms. The van der Waals surface area contributed by atoms with Gasteiger partial charge in [0.1, 0.15) is 24.0 Å². The second-order valence-electron chi connectivity index (χ2n) is 5.54. The van der Waals surface area contributed by atoms with E-state index in [1.165, 1.54) is 12.4 Å². The van der Waals surface area contributed by atoms with Gasteiger partial charge in [0.25, 0.3) is 0 Å². The number of hydrogen-bond acceptors (Lipinski definition) is 6. The zero-order chi connectivity index (χ0) is 20.3. The van der Waals surface area contributed by atoms with Crippen molar-refractivity contribution < 1.29 is 27.5 Å². The van der Waals surface area contributed by atoms with Gasteiger partial charge < -0.3 is 15.7 Å². The quantitative estimate of drug-likeness (QED) is 0.528. The number of aromatic nitrogens is 4. The van der Waals surface area contributed by atoms with Gasteiger partial charge in [0.2, 0.25) is 5.95 Å². The highest BCUT2D eigenvalue weighted by Crippen LogP contribution is 2.19. The predicted octanol–water partition coefficient (Wildman–Crippen LogP) is 2.67. The number of nitrogens with zero attached hydrogens (tertiary/aromatic N) is 4. The van der Waals surface area contributed by atoms with Gasteiger partial charge >= 0.3 is 5.97 Å². The summed E-state index contributed by atoms with van der Waals surface area (Å²) < 4.78 is 55.3. The molecule has 0 aliphatic heterocycles. The Morgan fingerprint density at radius 3 is 2.50 bits per heavy atom. The van der Waals surface area contributed by atoms with E-state index in [2.05, 4.69) is 25.7 Å². The molecule has 0 aliphatic rings. The Kier molecular flexibility index (Phi) is 5.38. The van der Waals surface area contributed by atoms with Crippen LogP contribution < -0.4 is 10.6 Å². The Balaban J connectivity index is 1.73. The van der Waals surface area contributed by atoms with Gasteiger partial charge in [-0.25, -0.2) is 22.5 Å². The summed E-state index contributed by atoms with van der Waals surface area (Å²) in [6, 6.07) is 1.02. The Hall–Kier alpha value is -3.70. The molecule has 3 rings (SSSR count). The maximum absolute atomic E-state index is 13.9. The summed E-state index contributed by atoms with van der Waals surface area (Å²) >= 11 is 0. The normalized spacial score (nSPS) is 10.7. The number of nitrogens with one attached hydrogen (secondary N) is 2. The smallest absolute Gasteiger partial charge is 0.325 e. The Labute approximate surface area is 154 Å². The van der Waals surface area contributed by atoms with Crippen LogP contribution in [-0.2, 0) is 17.9 Å². The molecule has 8 nitrogen and oxygen atoms in total. The van der Waals surface area contributed by atoms with Crippen LogP contribution >= 0.6 is 0 Å². The topological polar surface area (TPSA) is 105 Å². The number of carboxylic acid groups (broad SMARTS) is 1. The first-order chi connectivity index (χ1) is 13.3. The lowest BCUT2D eigenvalue weighted by atomic mass is 10.2. The molecule has 0 saturated heterocycles. The van der Waals surface area contributed by atoms with Crippen molar-refractivity contribution in [2.45, 2.75) is 13.1 Å². The van der Waals surface area contributed by atoms with E-state index in [1.54, 1.807) is 0 Å². The molecular formula is C16H12F4N6O2. The van der Waals surface area contributed by atoms with Crippen molar-refractivity contribution in [3.63, 3.8) is 0 Å². The van der Waals surface area contributed by atoms with Crippen molar-refractivity contribution in [2.75, 3.05) is 10.6 Å². The maximum Gasteiger partial charge on any atom is 0.325 e. The average Bonchev–Trinajstić information content (AvgIpc) is 3.02. The van der Waals surface area contributed by atoms with Crippen LogP contribution in [0.25, 0.3) is 0 Å². The van der Waals surface area contributed by atoms with Gasteiger partial charge in [0, 0.05) is 30.4 Å². The average molecular weight is 396 g/mol. The van der Waals surface area contributed by atoms with Crippen LogP contribution in [0, 0.1) is 23.3 Å². The molecule has 0 spiro atoms. The molecule has 3 aromatic rings. The summed E-state index contributed by atoms with van der Waals surface area (Å²) in [6.45, 7) is -0.838. The molecule has 28 heavy (non-hydrogen) atoms. The Morgan fingerprint density at radius 1 is 1.11 bits per heavy atom. The van der Waals surface area contributed by atoms with Gasteiger partial charge in [-0.05, 0) is 0 Å². The van der Waals surface area contributed by atoms with Crippen LogP contribution in [-0.4, -0.2) is 30.8 Å². The Bertz CT molecular complexity index is 1000. The monoisotopic (exact) mass is 396 g/mol. The molecule has 0 aliphatic carbocycles. The number of halogens is 4. The van der Waals surface area contributed by atoms with Crippen molar-refractivity contribution in [3.05, 3.63) is 59.6 Å². The Morgan fingerprint density at radius 2 is 1.82 bits per heavy atom. The highest BCUT2D eigenvalue weighted by molar-refractivity contribution is 5.66. The molecule has 2 aromatic heterocycles. The standard InChI is InChI=1S/C16H12F4N6O2/c17-8-1-11(18)10(12(19)2-8)4-21-15-13(20)5-22-16(25-15)24-9-3-23-26(6-9)7-14(27)28/h1-3,5-6H,4,7H2,(H,27,28)(H2,21,22,24,25). The molecule has 146 valence electrons. The summed E-state index contributed by atoms with van der Waals surface area (Å²) in [5, 5.41) is 17.6. The minimum atomic E-state index is -1.12. The van der Waals surface area contributed by atoms with E-state index in [0.29, 0.717) is 17.8 Å². The van der Waals surface area contributed by atoms with Crippen molar-refractivity contribution in [1.82, 2.24) is 19.7 Å². The van der Waals surface area contributed by atoms with Crippen molar-refractivity contribution in [1.29, 1.82) is 0 Å². The van der Waals surface area contributed by atoms with E-state index >= 15 is 0 Å². The number of carboxylic acids is 1. The fraction of sp³-hybridized carbons (Fsp3) is 0.125. The summed E-state index contributed by atoms with van der Waals surface area (Å²) in [7, 11) is 0. The van der Waals surface area contributed by atoms with Gasteiger partial charge in [0.15, 0.2) is 11.6 Å². The van der Waals surface area contributed by atoms with E-state index in [-0.39, 0.29) is 18.3 Å². The van der Waals surface area contributed by atoms with Crippen LogP contribution in [0.1, 0.15) is 5.56 Å². The summed E-state index contributed by atoms with van der Waals surface area (Å²) in [5.74, 6) is -5.69. The molecule has 1 aromatic carbocycles. The van der Waals surface area contributed by atoms with E-state index in [0.717, 1.165) is 10.9 Å². The number of hydrogen-bond donors (Lipinski definition) is 3. The van der Waals surface area contributed by atoms with Crippen molar-refractivity contribution in [2.24, 2.45) is 0 Å². The third-order valence-electron chi connectivity index (χ3n) is 3.47. The SMILES string of the molecule is O=C(O)Cn1cc(Nc2ncc(F)c(NCc3c(F)cc(F)cc3F)n2)cn1. The molecule has 0 unspecified atom stereocenters. The van der Waals surface area contributed by atoms with Crippen LogP contribution in [0.5, 0.6) is 0 Å². The molecule has 0 atom stereocenters. The van der Waals surface area contributed by atoms with Crippen molar-refractivity contribution >= 4 is 23.4 Å². The minimum absolute atomic E-state index is 0.0705. The van der Waals surface area contributed by atoms with Gasteiger partial charge in [-0.3, -0.25) is 9.48 Å². The molecule has 0 saturated carbocycles. The minimum Gasteiger partial charge on any atom is -0.480 e. The summed E-state index contributed by atoms with van der Waals surface area (Å²) in [5.41, 5.74) is -0.140. The highest BCUT2D eigenvalue weighted by Gasteiger charge is 2.14. The fourth-order valence-corrected chi connectivity index (χ4v) is 2.25. The number of carbonyl (C=O) groups is 1. The van der Waals surface area contributed by atoms with Crippen LogP contribution in [0.3, 0.4) is 0 Å². The first kappa shape index (κ1) is 19.1. The fourth-order valence-electron chi connectivity index (χ4n) is 2.25. The second-order valence-corrected chi connectivity index (χ2v) is 5.54. The highest BCUT2D eigenvalue weighted by atomic mass is 19.1. The molecule has 0 bridgehead atoms. The first-order valence-corrected chi connectivity index (χ1v) is 7.73. The van der Waals surface area contributed by atoms with Crippen LogP contribution in [0.4, 0.5) is 35.0 Å². The summed E-state index contributed by atoms with van der Waals surface area (Å²) in [4.78, 5) is 18.2. The van der Waals surface area contributed by atoms with E-state index in [4.69, 9.17) is 5.11 Å². The van der Waals surface area contributed by atoms with Gasteiger partial charge in [-0.2, -0.15) is 10.1 Å². The molecule has 2 heterocycles. The zero-order valence-corrected chi connectivity index (χ0v) is 14.0. The lowest BCUT2D eigenvalue weighted by Crippen LogP contribution is -2.10. The number of anilines is 3. The third-order valence-corrected chi connectivity index (χ3v) is 3.47. The lowest BCUT2D eigenvalue weighted by Gasteiger charge is -2.10. The van der Waals surface area contributed by atoms with E-state index < -0.39 is 41.3 Å². The van der Waals surface area contributed by atoms with E-state index in [1.807, 2.05) is 0 Å². The van der Waals surface area contributed by atoms with E-state index in [9.17, 15) is 22.4 Å². The third kappa shape index (κ3) is 4.52. The zero-order valence-electron chi connectivity index (χ0n) is 14.0. The maximum atomic E-state index is 13.9. The number of rotatable bonds is 7. The molecule has 0 fully saturated rings. The van der Waals surface area contributed by atoms with Crippen LogP contribution in [0.15, 0.2) is 30.7 Å². The molecule has 3 N–H and O–H groups in total. The second kappa shape index (κ2) is 7.90. The first-order valence-electron chi connectivity index (χ1n) is 7.73. The largest absolute Gasteiger partial charge is 0.480 e. The lowest BCUT2D eigenvalue weighted by molar-refractivity contribution is -0.137. The van der Waals surface area contributed by atoms with Crippen molar-refractivity contribution in [3.8, 4) is 0 Å². The van der Waals surface area contributed by atoms with Crippen LogP contribution in [0.2, 0.25) is 0 Å². The summed E-state index contributed by atoms with van der Waals surface area (Å²) in [6.07, 6.45) is 3.51. The molecular weight excluding hydrogens is 384 g/mol. The van der Waals surface area contributed by atoms with Gasteiger partial charge in [-0.15, -0.1) is 0 Å². The predicted molar refractivity (Wildman–Crippen MR) is 88.8 cm³/mol. The molecule has 0 radical (unpaired) electrons. The molecule has 0 amide bonds. The van der Waals surface area contributed by atoms with Gasteiger partial charge in [0.05, 0.1) is 18.1 Å². The number of aliphatic carboxylic acids is 1. The number of benzene rings is 1.